The highest BCUT2D eigenvalue weighted by Crippen LogP contribution is 2.28. The molecule has 3 rings (SSSR count). The topological polar surface area (TPSA) is 24.5 Å². The van der Waals surface area contributed by atoms with E-state index in [0.29, 0.717) is 6.04 Å². The normalized spacial score (nSPS) is 27.3. The number of aryl methyl sites for hydroxylation is 1. The van der Waals surface area contributed by atoms with E-state index in [1.54, 1.807) is 7.11 Å². The van der Waals surface area contributed by atoms with E-state index in [1.807, 2.05) is 0 Å². The number of nitrogens with one attached hydrogen (secondary N) is 1. The van der Waals surface area contributed by atoms with Gasteiger partial charge in [-0.2, -0.15) is 0 Å². The van der Waals surface area contributed by atoms with E-state index in [0.717, 1.165) is 18.2 Å². The minimum Gasteiger partial charge on any atom is -0.496 e. The highest BCUT2D eigenvalue weighted by molar-refractivity contribution is 5.36. The Hall–Kier alpha value is -1.06. The lowest BCUT2D eigenvalue weighted by atomic mass is 9.94. The van der Waals surface area contributed by atoms with Crippen LogP contribution in [0, 0.1) is 12.8 Å². The Morgan fingerprint density at radius 1 is 1.37 bits per heavy atom. The maximum Gasteiger partial charge on any atom is 0.123 e. The first kappa shape index (κ1) is 12.9. The summed E-state index contributed by atoms with van der Waals surface area (Å²) in [5.74, 6) is 1.87. The quantitative estimate of drug-likeness (QED) is 0.901. The molecule has 0 spiro atoms. The number of hydrogen-bond acceptors (Lipinski definition) is 3. The smallest absolute Gasteiger partial charge is 0.123 e. The van der Waals surface area contributed by atoms with Crippen molar-refractivity contribution in [2.24, 2.45) is 5.92 Å². The molecular weight excluding hydrogens is 236 g/mol. The fourth-order valence-corrected chi connectivity index (χ4v) is 3.54. The fourth-order valence-electron chi connectivity index (χ4n) is 3.54. The number of methoxy groups -OCH3 is 1. The van der Waals surface area contributed by atoms with Gasteiger partial charge >= 0.3 is 0 Å². The lowest BCUT2D eigenvalue weighted by molar-refractivity contribution is 0.305. The van der Waals surface area contributed by atoms with Gasteiger partial charge in [0.1, 0.15) is 5.75 Å². The summed E-state index contributed by atoms with van der Waals surface area (Å²) >= 11 is 0. The Balaban J connectivity index is 1.70. The van der Waals surface area contributed by atoms with Crippen LogP contribution in [0.5, 0.6) is 5.75 Å². The summed E-state index contributed by atoms with van der Waals surface area (Å²) in [7, 11) is 1.76. The van der Waals surface area contributed by atoms with Crippen LogP contribution in [0.1, 0.15) is 24.0 Å². The fraction of sp³-hybridized carbons (Fsp3) is 0.625. The van der Waals surface area contributed by atoms with Gasteiger partial charge < -0.3 is 10.1 Å². The Labute approximate surface area is 115 Å². The molecule has 1 aromatic rings. The molecule has 0 bridgehead atoms. The van der Waals surface area contributed by atoms with Crippen molar-refractivity contribution in [3.8, 4) is 5.75 Å². The largest absolute Gasteiger partial charge is 0.496 e. The molecule has 1 aromatic carbocycles. The first-order valence-corrected chi connectivity index (χ1v) is 7.35. The molecule has 3 nitrogen and oxygen atoms in total. The number of rotatable bonds is 3. The van der Waals surface area contributed by atoms with Crippen molar-refractivity contribution in [3.63, 3.8) is 0 Å². The summed E-state index contributed by atoms with van der Waals surface area (Å²) < 4.78 is 5.49. The van der Waals surface area contributed by atoms with E-state index in [9.17, 15) is 0 Å². The van der Waals surface area contributed by atoms with Crippen molar-refractivity contribution in [3.05, 3.63) is 29.3 Å². The van der Waals surface area contributed by atoms with Gasteiger partial charge in [-0.05, 0) is 38.3 Å². The summed E-state index contributed by atoms with van der Waals surface area (Å²) in [6, 6.07) is 7.18. The standard InChI is InChI=1S/C16H24N2O/c1-12-5-6-16(19-2)14(8-12)10-18-9-13-4-3-7-17-15(13)11-18/h5-6,8,13,15,17H,3-4,7,9-11H2,1-2H3. The number of piperidine rings is 1. The van der Waals surface area contributed by atoms with Crippen LogP contribution in [0.3, 0.4) is 0 Å². The van der Waals surface area contributed by atoms with Gasteiger partial charge in [0.05, 0.1) is 7.11 Å². The number of nitrogens with zero attached hydrogens (tertiary/aromatic N) is 1. The molecular formula is C16H24N2O. The first-order valence-electron chi connectivity index (χ1n) is 7.35. The average molecular weight is 260 g/mol. The molecule has 2 aliphatic rings. The minimum atomic E-state index is 0.713. The minimum absolute atomic E-state index is 0.713. The molecule has 2 unspecified atom stereocenters. The molecule has 0 saturated carbocycles. The van der Waals surface area contributed by atoms with Crippen LogP contribution in [-0.2, 0) is 6.54 Å². The molecule has 3 heteroatoms. The van der Waals surface area contributed by atoms with E-state index in [-0.39, 0.29) is 0 Å². The number of likely N-dealkylation sites (tertiary alicyclic amines) is 1. The van der Waals surface area contributed by atoms with Crippen LogP contribution in [0.2, 0.25) is 0 Å². The molecule has 2 aliphatic heterocycles. The summed E-state index contributed by atoms with van der Waals surface area (Å²) in [5.41, 5.74) is 2.63. The van der Waals surface area contributed by atoms with Gasteiger partial charge in [-0.1, -0.05) is 17.7 Å². The summed E-state index contributed by atoms with van der Waals surface area (Å²) in [5, 5.41) is 3.66. The van der Waals surface area contributed by atoms with E-state index < -0.39 is 0 Å². The molecule has 104 valence electrons. The van der Waals surface area contributed by atoms with E-state index in [1.165, 1.54) is 43.6 Å². The summed E-state index contributed by atoms with van der Waals surface area (Å²) in [6.45, 7) is 6.77. The van der Waals surface area contributed by atoms with Gasteiger partial charge in [0, 0.05) is 31.2 Å². The molecule has 2 atom stereocenters. The summed E-state index contributed by atoms with van der Waals surface area (Å²) in [4.78, 5) is 2.57. The highest BCUT2D eigenvalue weighted by Gasteiger charge is 2.34. The zero-order chi connectivity index (χ0) is 13.2. The predicted octanol–water partition coefficient (Wildman–Crippen LogP) is 2.19. The maximum absolute atomic E-state index is 5.49. The Morgan fingerprint density at radius 2 is 2.26 bits per heavy atom. The van der Waals surface area contributed by atoms with E-state index >= 15 is 0 Å². The molecule has 0 amide bonds. The zero-order valence-corrected chi connectivity index (χ0v) is 12.0. The van der Waals surface area contributed by atoms with Gasteiger partial charge in [0.25, 0.3) is 0 Å². The molecule has 0 aromatic heterocycles. The third kappa shape index (κ3) is 2.77. The molecule has 19 heavy (non-hydrogen) atoms. The molecule has 2 saturated heterocycles. The van der Waals surface area contributed by atoms with Crippen molar-refractivity contribution in [1.29, 1.82) is 0 Å². The van der Waals surface area contributed by atoms with Crippen LogP contribution in [0.4, 0.5) is 0 Å². The van der Waals surface area contributed by atoms with Crippen molar-refractivity contribution in [1.82, 2.24) is 10.2 Å². The SMILES string of the molecule is COc1ccc(C)cc1CN1CC2CCCNC2C1. The first-order chi connectivity index (χ1) is 9.26. The number of fused-ring (bicyclic) bond motifs is 1. The van der Waals surface area contributed by atoms with E-state index in [2.05, 4.69) is 35.3 Å². The Bertz CT molecular complexity index is 432. The number of benzene rings is 1. The highest BCUT2D eigenvalue weighted by atomic mass is 16.5. The summed E-state index contributed by atoms with van der Waals surface area (Å²) in [6.07, 6.45) is 2.72. The average Bonchev–Trinajstić information content (AvgIpc) is 2.81. The van der Waals surface area contributed by atoms with Crippen molar-refractivity contribution < 1.29 is 4.74 Å². The van der Waals surface area contributed by atoms with Gasteiger partial charge in [-0.3, -0.25) is 4.90 Å². The lowest BCUT2D eigenvalue weighted by Crippen LogP contribution is -2.40. The van der Waals surface area contributed by atoms with Gasteiger partial charge in [0.15, 0.2) is 0 Å². The second-order valence-electron chi connectivity index (χ2n) is 5.97. The van der Waals surface area contributed by atoms with Crippen LogP contribution in [-0.4, -0.2) is 37.7 Å². The van der Waals surface area contributed by atoms with Crippen LogP contribution in [0.25, 0.3) is 0 Å². The number of ether oxygens (including phenoxy) is 1. The van der Waals surface area contributed by atoms with Gasteiger partial charge in [-0.25, -0.2) is 0 Å². The van der Waals surface area contributed by atoms with Crippen molar-refractivity contribution in [2.45, 2.75) is 32.4 Å². The molecule has 1 N–H and O–H groups in total. The third-order valence-corrected chi connectivity index (χ3v) is 4.50. The zero-order valence-electron chi connectivity index (χ0n) is 12.0. The monoisotopic (exact) mass is 260 g/mol. The lowest BCUT2D eigenvalue weighted by Gasteiger charge is -2.24. The molecule has 0 aliphatic carbocycles. The van der Waals surface area contributed by atoms with E-state index in [4.69, 9.17) is 4.74 Å². The van der Waals surface area contributed by atoms with Crippen molar-refractivity contribution >= 4 is 0 Å². The second-order valence-corrected chi connectivity index (χ2v) is 5.97. The molecule has 2 fully saturated rings. The van der Waals surface area contributed by atoms with Crippen molar-refractivity contribution in [2.75, 3.05) is 26.7 Å². The molecule has 0 radical (unpaired) electrons. The van der Waals surface area contributed by atoms with Crippen LogP contribution < -0.4 is 10.1 Å². The molecule has 2 heterocycles. The van der Waals surface area contributed by atoms with Gasteiger partial charge in [0.2, 0.25) is 0 Å². The number of hydrogen-bond donors (Lipinski definition) is 1. The third-order valence-electron chi connectivity index (χ3n) is 4.50. The Kier molecular flexibility index (Phi) is 3.76. The maximum atomic E-state index is 5.49. The van der Waals surface area contributed by atoms with Gasteiger partial charge in [-0.15, -0.1) is 0 Å². The predicted molar refractivity (Wildman–Crippen MR) is 77.5 cm³/mol. The Morgan fingerprint density at radius 3 is 3.05 bits per heavy atom. The van der Waals surface area contributed by atoms with Crippen LogP contribution >= 0.6 is 0 Å². The second kappa shape index (κ2) is 5.51. The van der Waals surface area contributed by atoms with Crippen LogP contribution in [0.15, 0.2) is 18.2 Å².